The van der Waals surface area contributed by atoms with Gasteiger partial charge in [0.2, 0.25) is 5.91 Å². The molecule has 2 aliphatic rings. The minimum atomic E-state index is -1.12. The highest BCUT2D eigenvalue weighted by Crippen LogP contribution is 2.45. The summed E-state index contributed by atoms with van der Waals surface area (Å²) in [4.78, 5) is 41.9. The molecule has 0 bridgehead atoms. The summed E-state index contributed by atoms with van der Waals surface area (Å²) in [5, 5.41) is 12.2. The molecule has 1 saturated carbocycles. The maximum atomic E-state index is 13.3. The number of fused-ring (bicyclic) bond motifs is 1. The summed E-state index contributed by atoms with van der Waals surface area (Å²) in [5.74, 6) is 5.59. The maximum absolute atomic E-state index is 13.3. The van der Waals surface area contributed by atoms with Crippen molar-refractivity contribution in [3.05, 3.63) is 59.3 Å². The van der Waals surface area contributed by atoms with Crippen LogP contribution in [0.4, 0.5) is 10.6 Å². The minimum Gasteiger partial charge on any atom is -0.465 e. The summed E-state index contributed by atoms with van der Waals surface area (Å²) >= 11 is 0. The Balaban J connectivity index is 1.70. The van der Waals surface area contributed by atoms with E-state index in [0.29, 0.717) is 32.2 Å². The van der Waals surface area contributed by atoms with Crippen molar-refractivity contribution in [2.75, 3.05) is 11.9 Å². The number of carbonyl (C=O) groups excluding carboxylic acids is 2. The number of aryl methyl sites for hydroxylation is 1. The highest BCUT2D eigenvalue weighted by atomic mass is 16.6. The fraction of sp³-hybridized carbons (Fsp3) is 0.385. The molecular weight excluding hydrogens is 434 g/mol. The van der Waals surface area contributed by atoms with Gasteiger partial charge >= 0.3 is 12.1 Å². The van der Waals surface area contributed by atoms with E-state index < -0.39 is 17.7 Å². The van der Waals surface area contributed by atoms with Crippen LogP contribution in [0.2, 0.25) is 0 Å². The molecule has 2 heterocycles. The van der Waals surface area contributed by atoms with E-state index in [-0.39, 0.29) is 29.2 Å². The normalized spacial score (nSPS) is 23.3. The van der Waals surface area contributed by atoms with Crippen LogP contribution in [0.25, 0.3) is 0 Å². The van der Waals surface area contributed by atoms with Gasteiger partial charge < -0.3 is 20.1 Å². The molecule has 8 heteroatoms. The molecule has 0 unspecified atom stereocenters. The predicted octanol–water partition coefficient (Wildman–Crippen LogP) is 3.85. The Labute approximate surface area is 198 Å². The first-order chi connectivity index (χ1) is 16.3. The van der Waals surface area contributed by atoms with Gasteiger partial charge in [0.15, 0.2) is 5.60 Å². The van der Waals surface area contributed by atoms with Crippen molar-refractivity contribution in [1.29, 1.82) is 0 Å². The van der Waals surface area contributed by atoms with Crippen LogP contribution in [0.5, 0.6) is 0 Å². The number of aromatic nitrogens is 1. The number of hydrogen-bond donors (Lipinski definition) is 2. The van der Waals surface area contributed by atoms with E-state index >= 15 is 0 Å². The minimum absolute atomic E-state index is 0.227. The molecular formula is C26H27N3O5. The van der Waals surface area contributed by atoms with Gasteiger partial charge in [0.25, 0.3) is 0 Å². The topological polar surface area (TPSA) is 109 Å². The lowest BCUT2D eigenvalue weighted by Crippen LogP contribution is -2.51. The number of ether oxygens (including phenoxy) is 1. The number of amides is 2. The van der Waals surface area contributed by atoms with Crippen LogP contribution < -0.4 is 5.32 Å². The molecule has 1 aromatic carbocycles. The second-order valence-corrected chi connectivity index (χ2v) is 8.84. The van der Waals surface area contributed by atoms with Gasteiger partial charge in [-0.3, -0.25) is 4.79 Å². The third kappa shape index (κ3) is 4.88. The van der Waals surface area contributed by atoms with Gasteiger partial charge in [-0.2, -0.15) is 0 Å². The van der Waals surface area contributed by atoms with E-state index in [0.717, 1.165) is 11.1 Å². The smallest absolute Gasteiger partial charge is 0.407 e. The summed E-state index contributed by atoms with van der Waals surface area (Å²) in [7, 11) is 0. The monoisotopic (exact) mass is 461 g/mol. The van der Waals surface area contributed by atoms with E-state index in [1.807, 2.05) is 31.2 Å². The molecule has 2 amide bonds. The third-order valence-electron chi connectivity index (χ3n) is 6.45. The fourth-order valence-electron chi connectivity index (χ4n) is 4.99. The summed E-state index contributed by atoms with van der Waals surface area (Å²) in [5.41, 5.74) is 0.999. The lowest BCUT2D eigenvalue weighted by atomic mass is 9.72. The summed E-state index contributed by atoms with van der Waals surface area (Å²) in [6, 6.07) is 10.5. The predicted molar refractivity (Wildman–Crippen MR) is 125 cm³/mol. The van der Waals surface area contributed by atoms with Gasteiger partial charge in [0.05, 0.1) is 5.56 Å². The molecule has 3 atom stereocenters. The average molecular weight is 462 g/mol. The molecule has 2 fully saturated rings. The number of pyridine rings is 1. The first kappa shape index (κ1) is 23.3. The number of hydrogen-bond acceptors (Lipinski definition) is 5. The number of nitrogens with zero attached hydrogens (tertiary/aromatic N) is 2. The van der Waals surface area contributed by atoms with Crippen molar-refractivity contribution in [3.8, 4) is 11.8 Å². The number of nitrogens with one attached hydrogen (secondary N) is 1. The SMILES string of the molecule is CC(=O)Nc1cc(C(=O)O[C@@]2(C#Cc3cccc(C)c3)CCC[C@@H]3[C@H]2CCN3C(=O)O)ccn1. The Morgan fingerprint density at radius 2 is 2.06 bits per heavy atom. The molecule has 1 aliphatic carbocycles. The Bertz CT molecular complexity index is 1180. The molecule has 4 rings (SSSR count). The second-order valence-electron chi connectivity index (χ2n) is 8.84. The van der Waals surface area contributed by atoms with Gasteiger partial charge in [-0.25, -0.2) is 14.6 Å². The number of carbonyl (C=O) groups is 3. The third-order valence-corrected chi connectivity index (χ3v) is 6.45. The zero-order valence-corrected chi connectivity index (χ0v) is 19.2. The van der Waals surface area contributed by atoms with Gasteiger partial charge in [-0.15, -0.1) is 0 Å². The molecule has 2 aromatic rings. The fourth-order valence-corrected chi connectivity index (χ4v) is 4.99. The molecule has 1 aliphatic heterocycles. The highest BCUT2D eigenvalue weighted by Gasteiger charge is 2.53. The first-order valence-electron chi connectivity index (χ1n) is 11.3. The van der Waals surface area contributed by atoms with Gasteiger partial charge in [0.1, 0.15) is 5.82 Å². The molecule has 0 radical (unpaired) electrons. The van der Waals surface area contributed by atoms with Crippen LogP contribution in [-0.4, -0.2) is 51.1 Å². The average Bonchev–Trinajstić information content (AvgIpc) is 3.24. The first-order valence-corrected chi connectivity index (χ1v) is 11.3. The van der Waals surface area contributed by atoms with Gasteiger partial charge in [-0.05, 0) is 68.4 Å². The number of rotatable bonds is 3. The standard InChI is InChI=1S/C26H27N3O5/c1-17-5-3-6-19(15-17)8-12-26(11-4-7-22-21(26)10-14-29(22)25(32)33)34-24(31)20-9-13-27-23(16-20)28-18(2)30/h3,5-6,9,13,15-16,21-22H,4,7,10-11,14H2,1-2H3,(H,32,33)(H,27,28,30)/t21-,22-,26-/m1/s1. The Kier molecular flexibility index (Phi) is 6.55. The molecule has 1 saturated heterocycles. The second kappa shape index (κ2) is 9.56. The Hall–Kier alpha value is -3.86. The number of likely N-dealkylation sites (tertiary alicyclic amines) is 1. The van der Waals surface area contributed by atoms with Crippen LogP contribution in [0.3, 0.4) is 0 Å². The number of esters is 1. The van der Waals surface area contributed by atoms with Crippen molar-refractivity contribution in [2.24, 2.45) is 5.92 Å². The van der Waals surface area contributed by atoms with Gasteiger partial charge in [-0.1, -0.05) is 18.1 Å². The van der Waals surface area contributed by atoms with Crippen molar-refractivity contribution in [2.45, 2.75) is 51.2 Å². The molecule has 1 aromatic heterocycles. The number of benzene rings is 1. The van der Waals surface area contributed by atoms with Crippen molar-refractivity contribution in [3.63, 3.8) is 0 Å². The Morgan fingerprint density at radius 3 is 2.79 bits per heavy atom. The maximum Gasteiger partial charge on any atom is 0.407 e. The van der Waals surface area contributed by atoms with E-state index in [1.54, 1.807) is 0 Å². The molecule has 0 spiro atoms. The summed E-state index contributed by atoms with van der Waals surface area (Å²) in [6.45, 7) is 3.73. The quantitative estimate of drug-likeness (QED) is 0.531. The largest absolute Gasteiger partial charge is 0.465 e. The lowest BCUT2D eigenvalue weighted by Gasteiger charge is -2.42. The van der Waals surface area contributed by atoms with E-state index in [1.165, 1.54) is 30.2 Å². The highest BCUT2D eigenvalue weighted by molar-refractivity contribution is 5.93. The molecule has 8 nitrogen and oxygen atoms in total. The van der Waals surface area contributed by atoms with Crippen molar-refractivity contribution in [1.82, 2.24) is 9.88 Å². The van der Waals surface area contributed by atoms with Gasteiger partial charge in [0, 0.05) is 37.2 Å². The summed E-state index contributed by atoms with van der Waals surface area (Å²) in [6.07, 6.45) is 2.96. The van der Waals surface area contributed by atoms with E-state index in [4.69, 9.17) is 4.74 Å². The van der Waals surface area contributed by atoms with Crippen LogP contribution in [-0.2, 0) is 9.53 Å². The van der Waals surface area contributed by atoms with Crippen LogP contribution in [0.15, 0.2) is 42.6 Å². The van der Waals surface area contributed by atoms with Crippen molar-refractivity contribution < 1.29 is 24.2 Å². The summed E-state index contributed by atoms with van der Waals surface area (Å²) < 4.78 is 6.15. The molecule has 176 valence electrons. The Morgan fingerprint density at radius 1 is 1.24 bits per heavy atom. The van der Waals surface area contributed by atoms with Crippen LogP contribution in [0, 0.1) is 24.7 Å². The van der Waals surface area contributed by atoms with Crippen LogP contribution >= 0.6 is 0 Å². The van der Waals surface area contributed by atoms with E-state index in [2.05, 4.69) is 22.1 Å². The molecule has 34 heavy (non-hydrogen) atoms. The van der Waals surface area contributed by atoms with E-state index in [9.17, 15) is 19.5 Å². The number of anilines is 1. The zero-order valence-electron chi connectivity index (χ0n) is 19.2. The zero-order chi connectivity index (χ0) is 24.3. The number of carboxylic acid groups (broad SMARTS) is 1. The molecule has 2 N–H and O–H groups in total. The lowest BCUT2D eigenvalue weighted by molar-refractivity contribution is -0.114. The van der Waals surface area contributed by atoms with Crippen LogP contribution in [0.1, 0.15) is 54.1 Å². The van der Waals surface area contributed by atoms with Crippen molar-refractivity contribution >= 4 is 23.8 Å².